The van der Waals surface area contributed by atoms with Crippen molar-refractivity contribution in [1.82, 2.24) is 0 Å². The lowest BCUT2D eigenvalue weighted by atomic mass is 9.84. The van der Waals surface area contributed by atoms with Gasteiger partial charge in [-0.25, -0.2) is 8.42 Å². The first-order valence-electron chi connectivity index (χ1n) is 18.8. The van der Waals surface area contributed by atoms with Gasteiger partial charge in [0, 0.05) is 19.4 Å². The third-order valence-corrected chi connectivity index (χ3v) is 12.6. The van der Waals surface area contributed by atoms with Gasteiger partial charge in [0.05, 0.1) is 59.3 Å². The van der Waals surface area contributed by atoms with Crippen molar-refractivity contribution in [2.24, 2.45) is 29.1 Å². The number of carbonyl (C=O) groups is 1. The van der Waals surface area contributed by atoms with Crippen LogP contribution in [0.2, 0.25) is 0 Å². The minimum Gasteiger partial charge on any atom is -0.465 e. The molecule has 0 aromatic heterocycles. The largest absolute Gasteiger partial charge is 0.465 e. The van der Waals surface area contributed by atoms with E-state index >= 15 is 0 Å². The molecule has 2 unspecified atom stereocenters. The molecular formula is C41H66O8S. The normalized spacial score (nSPS) is 26.8. The van der Waals surface area contributed by atoms with Gasteiger partial charge in [0.2, 0.25) is 0 Å². The molecule has 0 bridgehead atoms. The molecule has 1 aromatic rings. The van der Waals surface area contributed by atoms with Crippen LogP contribution >= 0.6 is 0 Å². The first kappa shape index (κ1) is 42.4. The minimum absolute atomic E-state index is 0.0318. The number of aliphatic hydroxyl groups excluding tert-OH is 1. The predicted molar refractivity (Wildman–Crippen MR) is 200 cm³/mol. The van der Waals surface area contributed by atoms with Gasteiger partial charge in [-0.3, -0.25) is 4.79 Å². The highest BCUT2D eigenvalue weighted by molar-refractivity contribution is 7.91. The highest BCUT2D eigenvalue weighted by Gasteiger charge is 2.47. The second-order valence-corrected chi connectivity index (χ2v) is 18.2. The lowest BCUT2D eigenvalue weighted by molar-refractivity contribution is -0.153. The van der Waals surface area contributed by atoms with Crippen LogP contribution in [0.5, 0.6) is 0 Å². The molecular weight excluding hydrogens is 653 g/mol. The van der Waals surface area contributed by atoms with Crippen LogP contribution in [0.3, 0.4) is 0 Å². The highest BCUT2D eigenvalue weighted by Crippen LogP contribution is 2.39. The van der Waals surface area contributed by atoms with E-state index in [2.05, 4.69) is 40.9 Å². The summed E-state index contributed by atoms with van der Waals surface area (Å²) in [6.45, 7) is 23.2. The van der Waals surface area contributed by atoms with Crippen molar-refractivity contribution in [3.8, 4) is 0 Å². The maximum absolute atomic E-state index is 13.5. The number of ether oxygens (including phenoxy) is 4. The van der Waals surface area contributed by atoms with Crippen molar-refractivity contribution in [1.29, 1.82) is 0 Å². The van der Waals surface area contributed by atoms with Crippen LogP contribution in [0.4, 0.5) is 0 Å². The van der Waals surface area contributed by atoms with Gasteiger partial charge < -0.3 is 24.1 Å². The summed E-state index contributed by atoms with van der Waals surface area (Å²) in [4.78, 5) is 12.3. The molecule has 2 aliphatic rings. The maximum atomic E-state index is 13.5. The third kappa shape index (κ3) is 12.3. The van der Waals surface area contributed by atoms with Crippen molar-refractivity contribution < 1.29 is 37.3 Å². The molecule has 0 aliphatic carbocycles. The molecule has 1 aromatic carbocycles. The molecule has 9 heteroatoms. The summed E-state index contributed by atoms with van der Waals surface area (Å²) in [5, 5.41) is 11.5. The van der Waals surface area contributed by atoms with Gasteiger partial charge in [-0.05, 0) is 107 Å². The molecule has 8 nitrogen and oxygen atoms in total. The zero-order chi connectivity index (χ0) is 37.2. The van der Waals surface area contributed by atoms with Crippen LogP contribution in [-0.4, -0.2) is 75.6 Å². The zero-order valence-electron chi connectivity index (χ0n) is 32.1. The summed E-state index contributed by atoms with van der Waals surface area (Å²) in [6, 6.07) is 8.52. The van der Waals surface area contributed by atoms with Crippen LogP contribution in [-0.2, 0) is 33.6 Å². The smallest absolute Gasteiger partial charge is 0.311 e. The Morgan fingerprint density at radius 1 is 1.04 bits per heavy atom. The van der Waals surface area contributed by atoms with Crippen LogP contribution < -0.4 is 0 Å². The Morgan fingerprint density at radius 3 is 2.34 bits per heavy atom. The van der Waals surface area contributed by atoms with Crippen molar-refractivity contribution in [2.75, 3.05) is 19.5 Å². The number of aliphatic hydroxyl groups is 1. The van der Waals surface area contributed by atoms with Crippen LogP contribution in [0.25, 0.3) is 0 Å². The standard InChI is InChI=1S/C41H66O8S/c1-11-27(2)23-38-39(46-10)34(26-50(44,45)33-17-13-12-14-18-33)37(49-38)25-35(42)31(6)29(4)22-28(3)19-20-36-30(5)24-32(48-36)16-15-21-47-40(43)41(7,8)9/h12-14,17-18,27-29,32,34-39,42H,5-6,11,15-16,19-26H2,1-4,7-10H3/t27-,28-,29-,32+,34+,35?,36?,37+,38-,39-/m1/s1. The van der Waals surface area contributed by atoms with Gasteiger partial charge in [-0.2, -0.15) is 0 Å². The quantitative estimate of drug-likeness (QED) is 0.0819. The summed E-state index contributed by atoms with van der Waals surface area (Å²) in [5.74, 6) is 0.137. The van der Waals surface area contributed by atoms with E-state index in [-0.39, 0.29) is 53.4 Å². The lowest BCUT2D eigenvalue weighted by Crippen LogP contribution is -2.36. The van der Waals surface area contributed by atoms with E-state index in [1.807, 2.05) is 20.8 Å². The molecule has 2 fully saturated rings. The number of hydrogen-bond donors (Lipinski definition) is 1. The first-order valence-corrected chi connectivity index (χ1v) is 20.4. The SMILES string of the molecule is C=C1C[C@H](CCCOC(=O)C(C)(C)C)OC1CC[C@@H](C)C[C@@H](C)C(=C)C(O)C[C@@H]1O[C@H](C[C@H](C)CC)[C@H](OC)[C@H]1CS(=O)(=O)c1ccccc1. The molecule has 2 heterocycles. The molecule has 2 aliphatic heterocycles. The summed E-state index contributed by atoms with van der Waals surface area (Å²) in [5.41, 5.74) is 1.38. The van der Waals surface area contributed by atoms with E-state index in [9.17, 15) is 18.3 Å². The van der Waals surface area contributed by atoms with Gasteiger partial charge in [0.1, 0.15) is 0 Å². The number of hydrogen-bond acceptors (Lipinski definition) is 8. The highest BCUT2D eigenvalue weighted by atomic mass is 32.2. The van der Waals surface area contributed by atoms with Gasteiger partial charge in [-0.15, -0.1) is 0 Å². The average Bonchev–Trinajstić information content (AvgIpc) is 3.58. The maximum Gasteiger partial charge on any atom is 0.311 e. The number of sulfone groups is 1. The van der Waals surface area contributed by atoms with Crippen molar-refractivity contribution in [3.63, 3.8) is 0 Å². The fraction of sp³-hybridized carbons (Fsp3) is 0.732. The summed E-state index contributed by atoms with van der Waals surface area (Å²) >= 11 is 0. The lowest BCUT2D eigenvalue weighted by Gasteiger charge is -2.27. The Bertz CT molecular complexity index is 1340. The first-order chi connectivity index (χ1) is 23.5. The number of esters is 1. The van der Waals surface area contributed by atoms with E-state index in [1.54, 1.807) is 37.4 Å². The second kappa shape index (κ2) is 19.2. The van der Waals surface area contributed by atoms with Crippen molar-refractivity contribution in [3.05, 3.63) is 54.6 Å². The molecule has 0 saturated carbocycles. The Labute approximate surface area is 303 Å². The molecule has 0 amide bonds. The Balaban J connectivity index is 1.53. The Kier molecular flexibility index (Phi) is 16.2. The van der Waals surface area contributed by atoms with Crippen LogP contribution in [0.1, 0.15) is 106 Å². The molecule has 0 spiro atoms. The predicted octanol–water partition coefficient (Wildman–Crippen LogP) is 8.13. The topological polar surface area (TPSA) is 108 Å². The fourth-order valence-electron chi connectivity index (χ4n) is 7.32. The number of methoxy groups -OCH3 is 1. The van der Waals surface area contributed by atoms with Gasteiger partial charge in [0.15, 0.2) is 9.84 Å². The number of carbonyl (C=O) groups excluding carboxylic acids is 1. The summed E-state index contributed by atoms with van der Waals surface area (Å²) in [6.07, 6.45) is 5.40. The zero-order valence-corrected chi connectivity index (χ0v) is 32.9. The molecule has 284 valence electrons. The summed E-state index contributed by atoms with van der Waals surface area (Å²) in [7, 11) is -1.97. The molecule has 0 radical (unpaired) electrons. The number of rotatable bonds is 20. The van der Waals surface area contributed by atoms with E-state index < -0.39 is 33.4 Å². The molecule has 1 N–H and O–H groups in total. The van der Waals surface area contributed by atoms with Crippen LogP contribution in [0, 0.1) is 29.1 Å². The Hall–Kier alpha value is -2.04. The second-order valence-electron chi connectivity index (χ2n) is 16.2. The fourth-order valence-corrected chi connectivity index (χ4v) is 9.00. The van der Waals surface area contributed by atoms with Crippen molar-refractivity contribution >= 4 is 15.8 Å². The van der Waals surface area contributed by atoms with Gasteiger partial charge >= 0.3 is 5.97 Å². The number of benzene rings is 1. The molecule has 50 heavy (non-hydrogen) atoms. The Morgan fingerprint density at radius 2 is 1.72 bits per heavy atom. The van der Waals surface area contributed by atoms with Gasteiger partial charge in [0.25, 0.3) is 0 Å². The van der Waals surface area contributed by atoms with E-state index in [0.29, 0.717) is 18.4 Å². The molecule has 2 saturated heterocycles. The minimum atomic E-state index is -3.60. The average molecular weight is 719 g/mol. The van der Waals surface area contributed by atoms with E-state index in [4.69, 9.17) is 18.9 Å². The summed E-state index contributed by atoms with van der Waals surface area (Å²) < 4.78 is 51.2. The van der Waals surface area contributed by atoms with Crippen molar-refractivity contribution in [2.45, 2.75) is 148 Å². The van der Waals surface area contributed by atoms with E-state index in [1.165, 1.54) is 0 Å². The third-order valence-electron chi connectivity index (χ3n) is 10.7. The van der Waals surface area contributed by atoms with Crippen LogP contribution in [0.15, 0.2) is 59.5 Å². The molecule has 10 atom stereocenters. The molecule has 3 rings (SSSR count). The van der Waals surface area contributed by atoms with Gasteiger partial charge in [-0.1, -0.05) is 65.5 Å². The monoisotopic (exact) mass is 718 g/mol. The van der Waals surface area contributed by atoms with E-state index in [0.717, 1.165) is 62.5 Å².